The average molecular weight is 1290 g/mol. The lowest BCUT2D eigenvalue weighted by Gasteiger charge is -2.35. The number of benzene rings is 2. The first-order chi connectivity index (χ1) is 44.2. The van der Waals surface area contributed by atoms with Crippen LogP contribution in [0.1, 0.15) is 112 Å². The number of sulfone groups is 1. The number of unbranched alkanes of at least 4 members (excludes halogenated alkanes) is 2. The van der Waals surface area contributed by atoms with Gasteiger partial charge in [-0.05, 0) is 101 Å². The number of anilines is 1. The van der Waals surface area contributed by atoms with Crippen LogP contribution in [0.5, 0.6) is 0 Å². The lowest BCUT2D eigenvalue weighted by atomic mass is 9.85. The van der Waals surface area contributed by atoms with Crippen LogP contribution in [0, 0.1) is 0 Å². The highest BCUT2D eigenvalue weighted by atomic mass is 32.2. The molecular formula is C63H77N13O15S. The van der Waals surface area contributed by atoms with Crippen LogP contribution in [0.2, 0.25) is 0 Å². The Morgan fingerprint density at radius 1 is 0.924 bits per heavy atom. The number of nitrogens with one attached hydrogen (secondary N) is 4. The molecule has 29 heteroatoms. The molecule has 0 aliphatic carbocycles. The number of nitrogens with two attached hydrogens (primary N) is 1. The van der Waals surface area contributed by atoms with Gasteiger partial charge in [0.15, 0.2) is 0 Å². The van der Waals surface area contributed by atoms with E-state index >= 15 is 0 Å². The van der Waals surface area contributed by atoms with Gasteiger partial charge in [0, 0.05) is 78.9 Å². The Labute approximate surface area is 531 Å². The Hall–Kier alpha value is -9.32. The summed E-state index contributed by atoms with van der Waals surface area (Å²) in [4.78, 5) is 120. The Bertz CT molecular complexity index is 3860. The Morgan fingerprint density at radius 2 is 1.68 bits per heavy atom. The molecule has 0 saturated carbocycles. The van der Waals surface area contributed by atoms with Gasteiger partial charge < -0.3 is 60.2 Å². The van der Waals surface area contributed by atoms with Crippen molar-refractivity contribution in [3.63, 3.8) is 0 Å². The van der Waals surface area contributed by atoms with Gasteiger partial charge in [0.05, 0.1) is 61.5 Å². The van der Waals surface area contributed by atoms with E-state index < -0.39 is 70.1 Å². The first kappa shape index (κ1) is 68.6. The van der Waals surface area contributed by atoms with Crippen LogP contribution < -0.4 is 32.6 Å². The number of fused-ring (bicyclic) bond motifs is 5. The number of amides is 5. The summed E-state index contributed by atoms with van der Waals surface area (Å²) >= 11 is 0. The van der Waals surface area contributed by atoms with Crippen LogP contribution in [-0.4, -0.2) is 154 Å². The first-order valence-electron chi connectivity index (χ1n) is 30.3. The second kappa shape index (κ2) is 32.1. The Kier molecular flexibility index (Phi) is 23.9. The minimum absolute atomic E-state index is 0.0258. The SMILES string of the molecule is CC[C@@]1(OC(=O)OCc2ccc(NC(=O)[C@H](CCCCN)NC(=O)COCC(=O)NCCOCCn3cc(CNC(=O)CCC/C=C\c4cnc(S(C)(=O)=O)nc4)nn3)cc2)C(=O)OCc2c1cc1n(c2=O)Cc2c-1nc1ccccc1c2CCN(C(C)=O)C(C)C. The van der Waals surface area contributed by atoms with Gasteiger partial charge in [0.2, 0.25) is 50.1 Å². The molecule has 8 rings (SSSR count). The summed E-state index contributed by atoms with van der Waals surface area (Å²) < 4.78 is 54.1. The van der Waals surface area contributed by atoms with Crippen LogP contribution in [0.3, 0.4) is 0 Å². The third-order valence-corrected chi connectivity index (χ3v) is 16.2. The number of ether oxygens (including phenoxy) is 5. The smallest absolute Gasteiger partial charge is 0.457 e. The van der Waals surface area contributed by atoms with Crippen molar-refractivity contribution >= 4 is 74.2 Å². The summed E-state index contributed by atoms with van der Waals surface area (Å²) in [7, 11) is -3.48. The van der Waals surface area contributed by atoms with Crippen molar-refractivity contribution in [3.05, 3.63) is 129 Å². The lowest BCUT2D eigenvalue weighted by Crippen LogP contribution is -2.47. The molecule has 0 bridgehead atoms. The Morgan fingerprint density at radius 3 is 2.41 bits per heavy atom. The molecule has 2 aliphatic rings. The van der Waals surface area contributed by atoms with Crippen molar-refractivity contribution < 1.29 is 65.7 Å². The summed E-state index contributed by atoms with van der Waals surface area (Å²) in [5, 5.41) is 19.7. The molecule has 5 amide bonds. The predicted octanol–water partition coefficient (Wildman–Crippen LogP) is 3.93. The molecule has 6 aromatic rings. The van der Waals surface area contributed by atoms with Crippen LogP contribution >= 0.6 is 0 Å². The number of allylic oxidation sites excluding steroid dienone is 1. The van der Waals surface area contributed by atoms with Gasteiger partial charge >= 0.3 is 12.1 Å². The first-order valence-corrected chi connectivity index (χ1v) is 32.2. The number of carbonyl (C=O) groups excluding carboxylic acids is 7. The van der Waals surface area contributed by atoms with E-state index in [1.54, 1.807) is 63.7 Å². The van der Waals surface area contributed by atoms with Crippen molar-refractivity contribution in [2.24, 2.45) is 5.73 Å². The number of esters is 1. The fraction of sp³-hybridized carbons (Fsp3) is 0.444. The van der Waals surface area contributed by atoms with Gasteiger partial charge in [0.25, 0.3) is 5.56 Å². The number of hydrogen-bond donors (Lipinski definition) is 5. The minimum Gasteiger partial charge on any atom is -0.457 e. The van der Waals surface area contributed by atoms with E-state index in [0.717, 1.165) is 22.8 Å². The molecule has 2 atom stereocenters. The second-order valence-electron chi connectivity index (χ2n) is 22.4. The van der Waals surface area contributed by atoms with E-state index in [-0.39, 0.29) is 99.5 Å². The molecule has 4 aromatic heterocycles. The largest absolute Gasteiger partial charge is 0.510 e. The van der Waals surface area contributed by atoms with Gasteiger partial charge in [-0.1, -0.05) is 54.6 Å². The summed E-state index contributed by atoms with van der Waals surface area (Å²) in [6.07, 6.45) is 11.2. The molecule has 6 heterocycles. The molecule has 0 radical (unpaired) electrons. The maximum Gasteiger partial charge on any atom is 0.510 e. The third-order valence-electron chi connectivity index (χ3n) is 15.4. The quantitative estimate of drug-likeness (QED) is 0.0221. The molecule has 0 fully saturated rings. The molecule has 92 heavy (non-hydrogen) atoms. The van der Waals surface area contributed by atoms with Crippen LogP contribution in [0.15, 0.2) is 89.2 Å². The normalized spacial score (nSPS) is 14.4. The zero-order valence-corrected chi connectivity index (χ0v) is 52.9. The van der Waals surface area contributed by atoms with Gasteiger partial charge in [-0.15, -0.1) is 5.10 Å². The number of para-hydroxylation sites is 1. The predicted molar refractivity (Wildman–Crippen MR) is 334 cm³/mol. The molecule has 0 saturated heterocycles. The molecule has 2 aromatic carbocycles. The van der Waals surface area contributed by atoms with E-state index in [0.29, 0.717) is 91.2 Å². The summed E-state index contributed by atoms with van der Waals surface area (Å²) in [6, 6.07) is 14.7. The van der Waals surface area contributed by atoms with Crippen LogP contribution in [0.4, 0.5) is 10.5 Å². The number of nitrogens with zero attached hydrogens (tertiary/aromatic N) is 8. The minimum atomic E-state index is -3.48. The summed E-state index contributed by atoms with van der Waals surface area (Å²) in [5.74, 6) is -2.71. The molecule has 0 spiro atoms. The van der Waals surface area contributed by atoms with Crippen molar-refractivity contribution in [1.82, 2.24) is 55.4 Å². The Balaban J connectivity index is 0.742. The van der Waals surface area contributed by atoms with Crippen LogP contribution in [-0.2, 0) is 107 Å². The monoisotopic (exact) mass is 1290 g/mol. The number of aromatic nitrogens is 7. The summed E-state index contributed by atoms with van der Waals surface area (Å²) in [5.41, 5.74) is 9.10. The molecule has 490 valence electrons. The number of pyridine rings is 2. The maximum absolute atomic E-state index is 14.4. The zero-order valence-electron chi connectivity index (χ0n) is 52.1. The van der Waals surface area contributed by atoms with Crippen molar-refractivity contribution in [2.45, 2.75) is 135 Å². The standard InChI is InChI=1S/C63H77N13O15S/c1-6-63(50-30-53-57-48(35-76(53)59(82)49(50)37-89-60(63)83)46(23-26-75(40(2)3)41(4)77)47-15-10-11-16-51(47)71-57)91-62(84)90-36-42-19-21-44(22-20-42)69-58(81)52(17-12-13-24-64)70-56(80)39-88-38-55(79)65-25-28-87-29-27-74-34-45(72-73-74)33-66-54(78)18-9-7-8-14-43-31-67-61(68-32-43)92(5,85)86/h8,10-11,14-16,19-22,30-32,34,40,52H,6-7,9,12-13,17-18,23-29,33,35-39,64H2,1-5H3,(H,65,79)(H,66,78)(H,69,81)(H,70,80)/b14-8-/t52-,63-/m0/s1. The second-order valence-corrected chi connectivity index (χ2v) is 24.3. The molecule has 2 aliphatic heterocycles. The molecule has 28 nitrogen and oxygen atoms in total. The van der Waals surface area contributed by atoms with Gasteiger partial charge in [-0.25, -0.2) is 37.6 Å². The number of hydrogen-bond acceptors (Lipinski definition) is 21. The molecular weight excluding hydrogens is 1210 g/mol. The van der Waals surface area contributed by atoms with E-state index in [4.69, 9.17) is 34.4 Å². The number of cyclic esters (lactones) is 1. The van der Waals surface area contributed by atoms with E-state index in [9.17, 15) is 46.8 Å². The summed E-state index contributed by atoms with van der Waals surface area (Å²) in [6.45, 7) is 7.69. The van der Waals surface area contributed by atoms with Gasteiger partial charge in [-0.2, -0.15) is 0 Å². The zero-order chi connectivity index (χ0) is 66.0. The van der Waals surface area contributed by atoms with Gasteiger partial charge in [-0.3, -0.25) is 28.8 Å². The fourth-order valence-corrected chi connectivity index (χ4v) is 11.1. The van der Waals surface area contributed by atoms with Crippen LogP contribution in [0.25, 0.3) is 28.4 Å². The van der Waals surface area contributed by atoms with Crippen molar-refractivity contribution in [1.29, 1.82) is 0 Å². The highest BCUT2D eigenvalue weighted by Gasteiger charge is 2.51. The fourth-order valence-electron chi connectivity index (χ4n) is 10.6. The van der Waals surface area contributed by atoms with E-state index in [1.165, 1.54) is 19.3 Å². The highest BCUT2D eigenvalue weighted by Crippen LogP contribution is 2.42. The van der Waals surface area contributed by atoms with Gasteiger partial charge in [0.1, 0.15) is 38.2 Å². The lowest BCUT2D eigenvalue weighted by molar-refractivity contribution is -0.175. The van der Waals surface area contributed by atoms with Crippen molar-refractivity contribution in [3.8, 4) is 11.4 Å². The molecule has 6 N–H and O–H groups in total. The van der Waals surface area contributed by atoms with E-state index in [1.807, 2.05) is 44.2 Å². The average Bonchev–Trinajstić information content (AvgIpc) is 1.43. The molecule has 0 unspecified atom stereocenters. The third kappa shape index (κ3) is 18.0. The number of rotatable bonds is 33. The topological polar surface area (TPSA) is 369 Å². The number of carbonyl (C=O) groups is 7. The van der Waals surface area contributed by atoms with E-state index in [2.05, 4.69) is 41.5 Å². The van der Waals surface area contributed by atoms with Crippen molar-refractivity contribution in [2.75, 3.05) is 57.6 Å². The highest BCUT2D eigenvalue weighted by molar-refractivity contribution is 7.90. The maximum atomic E-state index is 14.4.